The van der Waals surface area contributed by atoms with Crippen LogP contribution >= 0.6 is 15.9 Å². The van der Waals surface area contributed by atoms with Crippen LogP contribution in [-0.4, -0.2) is 21.0 Å². The molecule has 3 rings (SSSR count). The lowest BCUT2D eigenvalue weighted by Gasteiger charge is -2.13. The first-order valence-electron chi connectivity index (χ1n) is 8.05. The van der Waals surface area contributed by atoms with Gasteiger partial charge in [-0.1, -0.05) is 29.8 Å². The zero-order valence-electron chi connectivity index (χ0n) is 14.0. The van der Waals surface area contributed by atoms with Crippen molar-refractivity contribution < 1.29 is 5.11 Å². The minimum atomic E-state index is -0.198. The van der Waals surface area contributed by atoms with E-state index >= 15 is 0 Å². The van der Waals surface area contributed by atoms with Gasteiger partial charge in [0.1, 0.15) is 11.6 Å². The molecule has 1 aromatic heterocycles. The van der Waals surface area contributed by atoms with Crippen molar-refractivity contribution in [2.45, 2.75) is 26.2 Å². The molecule has 1 heterocycles. The normalized spacial score (nSPS) is 12.8. The average Bonchev–Trinajstić information content (AvgIpc) is 2.62. The highest BCUT2D eigenvalue weighted by molar-refractivity contribution is 9.10. The maximum atomic E-state index is 12.9. The number of phenols is 1. The molecule has 0 aliphatic rings. The molecule has 1 atom stereocenters. The van der Waals surface area contributed by atoms with E-state index in [1.54, 1.807) is 36.5 Å². The van der Waals surface area contributed by atoms with Crippen LogP contribution in [0, 0.1) is 0 Å². The monoisotopic (exact) mass is 399 g/mol. The van der Waals surface area contributed by atoms with Crippen molar-refractivity contribution in [1.29, 1.82) is 0 Å². The molecule has 5 nitrogen and oxygen atoms in total. The van der Waals surface area contributed by atoms with Crippen LogP contribution in [0.4, 0.5) is 0 Å². The molecule has 1 N–H and O–H groups in total. The summed E-state index contributed by atoms with van der Waals surface area (Å²) < 4.78 is 2.19. The topological polar surface area (TPSA) is 67.5 Å². The van der Waals surface area contributed by atoms with E-state index in [9.17, 15) is 9.90 Å². The van der Waals surface area contributed by atoms with Gasteiger partial charge in [-0.15, -0.1) is 0 Å². The van der Waals surface area contributed by atoms with Gasteiger partial charge in [0.15, 0.2) is 0 Å². The SMILES string of the molecule is CC[C@H](C)c1nc2ccc(Br)cc2c(=O)n1N=Cc1ccc(O)cc1. The standard InChI is InChI=1S/C19H18BrN3O2/c1-3-12(2)18-22-17-9-6-14(20)10-16(17)19(25)23(18)21-11-13-4-7-15(24)8-5-13/h4-12,24H,3H2,1-2H3/t12-/m0/s1. The number of halogens is 1. The summed E-state index contributed by atoms with van der Waals surface area (Å²) in [7, 11) is 0. The number of nitrogens with zero attached hydrogens (tertiary/aromatic N) is 3. The number of aromatic nitrogens is 2. The smallest absolute Gasteiger partial charge is 0.282 e. The Kier molecular flexibility index (Phi) is 4.99. The Bertz CT molecular complexity index is 994. The number of benzene rings is 2. The summed E-state index contributed by atoms with van der Waals surface area (Å²) in [5.41, 5.74) is 1.25. The average molecular weight is 400 g/mol. The van der Waals surface area contributed by atoms with Crippen LogP contribution in [-0.2, 0) is 0 Å². The maximum absolute atomic E-state index is 12.9. The molecule has 0 saturated carbocycles. The van der Waals surface area contributed by atoms with Crippen LogP contribution < -0.4 is 5.56 Å². The van der Waals surface area contributed by atoms with E-state index in [1.807, 2.05) is 19.1 Å². The van der Waals surface area contributed by atoms with Crippen LogP contribution in [0.5, 0.6) is 5.75 Å². The van der Waals surface area contributed by atoms with E-state index in [4.69, 9.17) is 0 Å². The Balaban J connectivity index is 2.18. The second-order valence-corrected chi connectivity index (χ2v) is 6.81. The third-order valence-electron chi connectivity index (χ3n) is 4.10. The van der Waals surface area contributed by atoms with Crippen LogP contribution in [0.25, 0.3) is 10.9 Å². The minimum Gasteiger partial charge on any atom is -0.508 e. The Morgan fingerprint density at radius 3 is 2.68 bits per heavy atom. The molecule has 0 fully saturated rings. The molecule has 0 amide bonds. The van der Waals surface area contributed by atoms with Crippen molar-refractivity contribution in [3.8, 4) is 5.75 Å². The molecule has 25 heavy (non-hydrogen) atoms. The molecule has 0 aliphatic heterocycles. The predicted octanol–water partition coefficient (Wildman–Crippen LogP) is 4.26. The molecular weight excluding hydrogens is 382 g/mol. The van der Waals surface area contributed by atoms with Crippen molar-refractivity contribution >= 4 is 33.0 Å². The van der Waals surface area contributed by atoms with E-state index in [1.165, 1.54) is 4.68 Å². The van der Waals surface area contributed by atoms with Gasteiger partial charge >= 0.3 is 0 Å². The van der Waals surface area contributed by atoms with Crippen LogP contribution in [0.15, 0.2) is 56.8 Å². The van der Waals surface area contributed by atoms with Crippen molar-refractivity contribution in [2.75, 3.05) is 0 Å². The van der Waals surface area contributed by atoms with Crippen LogP contribution in [0.1, 0.15) is 37.6 Å². The maximum Gasteiger partial charge on any atom is 0.282 e. The van der Waals surface area contributed by atoms with Gasteiger partial charge in [0, 0.05) is 10.4 Å². The van der Waals surface area contributed by atoms with E-state index in [2.05, 4.69) is 32.9 Å². The molecule has 128 valence electrons. The van der Waals surface area contributed by atoms with Gasteiger partial charge < -0.3 is 5.11 Å². The molecule has 0 bridgehead atoms. The van der Waals surface area contributed by atoms with Crippen molar-refractivity contribution in [3.63, 3.8) is 0 Å². The molecule has 0 unspecified atom stereocenters. The predicted molar refractivity (Wildman–Crippen MR) is 104 cm³/mol. The second kappa shape index (κ2) is 7.19. The summed E-state index contributed by atoms with van der Waals surface area (Å²) in [5.74, 6) is 0.918. The first-order chi connectivity index (χ1) is 12.0. The number of phenolic OH excluding ortho intramolecular Hbond substituents is 1. The summed E-state index contributed by atoms with van der Waals surface area (Å²) in [5, 5.41) is 14.3. The van der Waals surface area contributed by atoms with E-state index < -0.39 is 0 Å². The lowest BCUT2D eigenvalue weighted by atomic mass is 10.1. The fourth-order valence-electron chi connectivity index (χ4n) is 2.46. The number of fused-ring (bicyclic) bond motifs is 1. The summed E-state index contributed by atoms with van der Waals surface area (Å²) in [4.78, 5) is 17.6. The van der Waals surface area contributed by atoms with Crippen molar-refractivity contribution in [3.05, 3.63) is 68.7 Å². The Hall–Kier alpha value is -2.47. The largest absolute Gasteiger partial charge is 0.508 e. The molecule has 0 saturated heterocycles. The van der Waals surface area contributed by atoms with Gasteiger partial charge in [-0.3, -0.25) is 4.79 Å². The van der Waals surface area contributed by atoms with Gasteiger partial charge in [-0.05, 0) is 54.4 Å². The van der Waals surface area contributed by atoms with E-state index in [0.717, 1.165) is 16.5 Å². The zero-order chi connectivity index (χ0) is 18.0. The molecule has 3 aromatic rings. The van der Waals surface area contributed by atoms with Gasteiger partial charge in [0.2, 0.25) is 0 Å². The van der Waals surface area contributed by atoms with Crippen LogP contribution in [0.2, 0.25) is 0 Å². The number of aromatic hydroxyl groups is 1. The molecule has 0 spiro atoms. The number of rotatable bonds is 4. The zero-order valence-corrected chi connectivity index (χ0v) is 15.6. The summed E-state index contributed by atoms with van der Waals surface area (Å²) in [6.07, 6.45) is 2.45. The molecular formula is C19H18BrN3O2. The highest BCUT2D eigenvalue weighted by atomic mass is 79.9. The van der Waals surface area contributed by atoms with Gasteiger partial charge in [-0.25, -0.2) is 4.98 Å². The Morgan fingerprint density at radius 1 is 1.28 bits per heavy atom. The van der Waals surface area contributed by atoms with E-state index in [0.29, 0.717) is 16.7 Å². The van der Waals surface area contributed by atoms with Gasteiger partial charge in [-0.2, -0.15) is 9.78 Å². The van der Waals surface area contributed by atoms with E-state index in [-0.39, 0.29) is 17.2 Å². The third kappa shape index (κ3) is 3.64. The number of hydrogen-bond acceptors (Lipinski definition) is 4. The lowest BCUT2D eigenvalue weighted by Crippen LogP contribution is -2.23. The molecule has 2 aromatic carbocycles. The highest BCUT2D eigenvalue weighted by Gasteiger charge is 2.15. The molecule has 6 heteroatoms. The fourth-order valence-corrected chi connectivity index (χ4v) is 2.82. The summed E-state index contributed by atoms with van der Waals surface area (Å²) in [6.45, 7) is 4.08. The fraction of sp³-hybridized carbons (Fsp3) is 0.211. The first-order valence-corrected chi connectivity index (χ1v) is 8.84. The Morgan fingerprint density at radius 2 is 2.00 bits per heavy atom. The van der Waals surface area contributed by atoms with Crippen molar-refractivity contribution in [1.82, 2.24) is 9.66 Å². The summed E-state index contributed by atoms with van der Waals surface area (Å²) in [6, 6.07) is 12.1. The van der Waals surface area contributed by atoms with Crippen LogP contribution in [0.3, 0.4) is 0 Å². The molecule has 0 aliphatic carbocycles. The number of hydrogen-bond donors (Lipinski definition) is 1. The van der Waals surface area contributed by atoms with Gasteiger partial charge in [0.25, 0.3) is 5.56 Å². The minimum absolute atomic E-state index is 0.0951. The third-order valence-corrected chi connectivity index (χ3v) is 4.60. The molecule has 0 radical (unpaired) electrons. The Labute approximate surface area is 153 Å². The van der Waals surface area contributed by atoms with Gasteiger partial charge in [0.05, 0.1) is 17.1 Å². The lowest BCUT2D eigenvalue weighted by molar-refractivity contribution is 0.475. The quantitative estimate of drug-likeness (QED) is 0.666. The first kappa shape index (κ1) is 17.4. The second-order valence-electron chi connectivity index (χ2n) is 5.89. The highest BCUT2D eigenvalue weighted by Crippen LogP contribution is 2.20. The summed E-state index contributed by atoms with van der Waals surface area (Å²) >= 11 is 3.40. The van der Waals surface area contributed by atoms with Crippen molar-refractivity contribution in [2.24, 2.45) is 5.10 Å².